The Balaban J connectivity index is 2.05. The highest BCUT2D eigenvalue weighted by Crippen LogP contribution is 2.24. The van der Waals surface area contributed by atoms with Crippen LogP contribution in [-0.4, -0.2) is 43.2 Å². The molecule has 0 aliphatic carbocycles. The van der Waals surface area contributed by atoms with Crippen LogP contribution in [0.1, 0.15) is 25.8 Å². The number of amides is 1. The fraction of sp³-hybridized carbons (Fsp3) is 0.350. The number of nitrogens with one attached hydrogen (secondary N) is 2. The van der Waals surface area contributed by atoms with E-state index in [0.29, 0.717) is 30.0 Å². The number of nitrogens with zero attached hydrogens (tertiary/aromatic N) is 2. The van der Waals surface area contributed by atoms with E-state index in [1.54, 1.807) is 51.1 Å². The molecule has 0 saturated heterocycles. The van der Waals surface area contributed by atoms with Crippen LogP contribution in [0.5, 0.6) is 0 Å². The lowest BCUT2D eigenvalue weighted by molar-refractivity contribution is -0.384. The molecule has 0 atom stereocenters. The van der Waals surface area contributed by atoms with E-state index in [1.807, 2.05) is 0 Å². The minimum atomic E-state index is -3.65. The summed E-state index contributed by atoms with van der Waals surface area (Å²) in [5.74, 6) is -0.337. The van der Waals surface area contributed by atoms with Crippen molar-refractivity contribution in [2.24, 2.45) is 0 Å². The lowest BCUT2D eigenvalue weighted by Crippen LogP contribution is -2.31. The van der Waals surface area contributed by atoms with E-state index in [9.17, 15) is 23.3 Å². The molecule has 30 heavy (non-hydrogen) atoms. The molecule has 0 spiro atoms. The first-order valence-electron chi connectivity index (χ1n) is 9.58. The van der Waals surface area contributed by atoms with Gasteiger partial charge in [-0.05, 0) is 30.7 Å². The maximum atomic E-state index is 12.8. The Kier molecular flexibility index (Phi) is 7.90. The zero-order valence-corrected chi connectivity index (χ0v) is 18.0. The maximum absolute atomic E-state index is 12.8. The second-order valence-corrected chi connectivity index (χ2v) is 8.48. The van der Waals surface area contributed by atoms with Crippen LogP contribution in [0, 0.1) is 17.0 Å². The van der Waals surface area contributed by atoms with Gasteiger partial charge < -0.3 is 10.6 Å². The topological polar surface area (TPSA) is 122 Å². The molecule has 2 aromatic carbocycles. The van der Waals surface area contributed by atoms with Gasteiger partial charge in [-0.15, -0.1) is 0 Å². The molecule has 0 radical (unpaired) electrons. The van der Waals surface area contributed by atoms with Crippen LogP contribution in [0.4, 0.5) is 17.1 Å². The Labute approximate surface area is 176 Å². The Morgan fingerprint density at radius 3 is 2.43 bits per heavy atom. The molecule has 0 aliphatic rings. The molecule has 0 unspecified atom stereocenters. The number of hydrogen-bond donors (Lipinski definition) is 2. The quantitative estimate of drug-likeness (QED) is 0.437. The largest absolute Gasteiger partial charge is 0.379 e. The second-order valence-electron chi connectivity index (χ2n) is 6.57. The van der Waals surface area contributed by atoms with E-state index >= 15 is 0 Å². The number of carbonyl (C=O) groups is 1. The number of para-hydroxylation sites is 2. The highest BCUT2D eigenvalue weighted by Gasteiger charge is 2.24. The van der Waals surface area contributed by atoms with Gasteiger partial charge in [0.15, 0.2) is 0 Å². The fourth-order valence-electron chi connectivity index (χ4n) is 2.97. The van der Waals surface area contributed by atoms with Gasteiger partial charge in [0.1, 0.15) is 5.69 Å². The van der Waals surface area contributed by atoms with Crippen LogP contribution in [-0.2, 0) is 14.8 Å². The summed E-state index contributed by atoms with van der Waals surface area (Å²) in [5.41, 5.74) is 1.24. The Bertz CT molecular complexity index is 1020. The molecule has 0 aromatic heterocycles. The first-order valence-corrected chi connectivity index (χ1v) is 11.0. The van der Waals surface area contributed by atoms with Crippen molar-refractivity contribution in [2.45, 2.75) is 32.1 Å². The van der Waals surface area contributed by atoms with Gasteiger partial charge in [-0.3, -0.25) is 14.9 Å². The smallest absolute Gasteiger partial charge is 0.292 e. The number of benzene rings is 2. The number of rotatable bonds is 10. The van der Waals surface area contributed by atoms with E-state index in [1.165, 1.54) is 16.4 Å². The third-order valence-corrected chi connectivity index (χ3v) is 6.76. The van der Waals surface area contributed by atoms with Gasteiger partial charge in [-0.2, -0.15) is 4.31 Å². The predicted octanol–water partition coefficient (Wildman–Crippen LogP) is 3.37. The second kappa shape index (κ2) is 10.2. The number of nitro benzene ring substituents is 1. The van der Waals surface area contributed by atoms with Gasteiger partial charge in [-0.25, -0.2) is 8.42 Å². The van der Waals surface area contributed by atoms with Gasteiger partial charge in [0.2, 0.25) is 15.9 Å². The normalized spacial score (nSPS) is 11.3. The number of nitro groups is 1. The zero-order chi connectivity index (χ0) is 22.3. The summed E-state index contributed by atoms with van der Waals surface area (Å²) < 4.78 is 27.0. The molecule has 1 amide bonds. The average Bonchev–Trinajstić information content (AvgIpc) is 2.70. The van der Waals surface area contributed by atoms with Crippen LogP contribution in [0.25, 0.3) is 0 Å². The van der Waals surface area contributed by atoms with Gasteiger partial charge in [0, 0.05) is 37.8 Å². The van der Waals surface area contributed by atoms with Crippen molar-refractivity contribution in [1.29, 1.82) is 0 Å². The minimum Gasteiger partial charge on any atom is -0.379 e. The van der Waals surface area contributed by atoms with Crippen molar-refractivity contribution in [3.8, 4) is 0 Å². The van der Waals surface area contributed by atoms with E-state index in [2.05, 4.69) is 10.6 Å². The van der Waals surface area contributed by atoms with Crippen molar-refractivity contribution in [1.82, 2.24) is 4.31 Å². The molecular weight excluding hydrogens is 408 g/mol. The molecule has 162 valence electrons. The number of anilines is 2. The average molecular weight is 435 g/mol. The summed E-state index contributed by atoms with van der Waals surface area (Å²) in [6, 6.07) is 10.9. The number of aryl methyl sites for hydroxylation is 1. The highest BCUT2D eigenvalue weighted by molar-refractivity contribution is 7.89. The summed E-state index contributed by atoms with van der Waals surface area (Å²) in [7, 11) is -3.65. The van der Waals surface area contributed by atoms with Crippen LogP contribution in [0.15, 0.2) is 47.4 Å². The van der Waals surface area contributed by atoms with Crippen molar-refractivity contribution in [3.05, 3.63) is 58.1 Å². The summed E-state index contributed by atoms with van der Waals surface area (Å²) in [6.07, 6.45) is 0.0536. The van der Waals surface area contributed by atoms with E-state index in [0.717, 1.165) is 0 Å². The summed E-state index contributed by atoms with van der Waals surface area (Å²) in [6.45, 7) is 6.14. The van der Waals surface area contributed by atoms with Crippen LogP contribution < -0.4 is 10.6 Å². The third kappa shape index (κ3) is 5.55. The molecule has 0 bridgehead atoms. The van der Waals surface area contributed by atoms with E-state index < -0.39 is 14.9 Å². The Hall–Kier alpha value is -2.98. The first kappa shape index (κ1) is 23.3. The van der Waals surface area contributed by atoms with Crippen LogP contribution in [0.2, 0.25) is 0 Å². The summed E-state index contributed by atoms with van der Waals surface area (Å²) in [5, 5.41) is 16.6. The molecule has 0 aliphatic heterocycles. The van der Waals surface area contributed by atoms with Crippen LogP contribution >= 0.6 is 0 Å². The molecule has 2 rings (SSSR count). The lowest BCUT2D eigenvalue weighted by Gasteiger charge is -2.20. The van der Waals surface area contributed by atoms with E-state index in [-0.39, 0.29) is 29.5 Å². The molecule has 9 nitrogen and oxygen atoms in total. The predicted molar refractivity (Wildman–Crippen MR) is 116 cm³/mol. The minimum absolute atomic E-state index is 0.0536. The molecule has 2 aromatic rings. The number of hydrogen-bond acceptors (Lipinski definition) is 6. The summed E-state index contributed by atoms with van der Waals surface area (Å²) in [4.78, 5) is 23.0. The monoisotopic (exact) mass is 434 g/mol. The van der Waals surface area contributed by atoms with Crippen molar-refractivity contribution in [3.63, 3.8) is 0 Å². The lowest BCUT2D eigenvalue weighted by atomic mass is 10.2. The van der Waals surface area contributed by atoms with E-state index in [4.69, 9.17) is 0 Å². The molecule has 0 saturated carbocycles. The number of sulfonamides is 1. The molecule has 0 heterocycles. The zero-order valence-electron chi connectivity index (χ0n) is 17.2. The van der Waals surface area contributed by atoms with Gasteiger partial charge >= 0.3 is 0 Å². The highest BCUT2D eigenvalue weighted by atomic mass is 32.2. The SMILES string of the molecule is CCN(CC)S(=O)(=O)c1cc(NC(=O)CCNc2ccccc2[N+](=O)[O-])ccc1C. The van der Waals surface area contributed by atoms with Gasteiger partial charge in [0.05, 0.1) is 9.82 Å². The Morgan fingerprint density at radius 1 is 1.13 bits per heavy atom. The fourth-order valence-corrected chi connectivity index (χ4v) is 4.68. The van der Waals surface area contributed by atoms with Crippen molar-refractivity contribution < 1.29 is 18.1 Å². The van der Waals surface area contributed by atoms with Crippen LogP contribution in [0.3, 0.4) is 0 Å². The Morgan fingerprint density at radius 2 is 1.80 bits per heavy atom. The van der Waals surface area contributed by atoms with Crippen molar-refractivity contribution >= 4 is 33.0 Å². The van der Waals surface area contributed by atoms with Crippen molar-refractivity contribution in [2.75, 3.05) is 30.3 Å². The molecule has 0 fully saturated rings. The first-order chi connectivity index (χ1) is 14.2. The standard InChI is InChI=1S/C20H26N4O5S/c1-4-23(5-2)30(28,29)19-14-16(11-10-15(19)3)22-20(25)12-13-21-17-8-6-7-9-18(17)24(26)27/h6-11,14,21H,4-5,12-13H2,1-3H3,(H,22,25). The van der Waals surface area contributed by atoms with Gasteiger partial charge in [0.25, 0.3) is 5.69 Å². The molecule has 10 heteroatoms. The summed E-state index contributed by atoms with van der Waals surface area (Å²) >= 11 is 0. The maximum Gasteiger partial charge on any atom is 0.292 e. The third-order valence-electron chi connectivity index (χ3n) is 4.56. The van der Waals surface area contributed by atoms with Gasteiger partial charge in [-0.1, -0.05) is 32.0 Å². The molecular formula is C20H26N4O5S. The number of carbonyl (C=O) groups excluding carboxylic acids is 1. The molecule has 2 N–H and O–H groups in total.